The number of aryl methyl sites for hydroxylation is 1. The minimum atomic E-state index is 0.267. The maximum absolute atomic E-state index is 9.84. The molecule has 0 amide bonds. The number of rotatable bonds is 2. The van der Waals surface area contributed by atoms with Gasteiger partial charge in [-0.15, -0.1) is 10.2 Å². The van der Waals surface area contributed by atoms with Gasteiger partial charge in [-0.25, -0.2) is 0 Å². The average molecular weight is 218 g/mol. The molecule has 2 rings (SSSR count). The molecule has 4 nitrogen and oxygen atoms in total. The Kier molecular flexibility index (Phi) is 2.64. The van der Waals surface area contributed by atoms with Crippen molar-refractivity contribution in [2.45, 2.75) is 26.7 Å². The highest BCUT2D eigenvalue weighted by molar-refractivity contribution is 5.57. The zero-order chi connectivity index (χ0) is 11.7. The number of aromatic hydroxyl groups is 1. The van der Waals surface area contributed by atoms with Crippen molar-refractivity contribution in [3.05, 3.63) is 29.7 Å². The number of hydrogen-bond acceptors (Lipinski definition) is 4. The second kappa shape index (κ2) is 3.96. The zero-order valence-corrected chi connectivity index (χ0v) is 9.56. The summed E-state index contributed by atoms with van der Waals surface area (Å²) in [6, 6.07) is 5.42. The fourth-order valence-electron chi connectivity index (χ4n) is 1.58. The van der Waals surface area contributed by atoms with Crippen molar-refractivity contribution in [3.63, 3.8) is 0 Å². The summed E-state index contributed by atoms with van der Waals surface area (Å²) < 4.78 is 5.29. The van der Waals surface area contributed by atoms with Crippen molar-refractivity contribution >= 4 is 0 Å². The number of phenols is 1. The van der Waals surface area contributed by atoms with Gasteiger partial charge in [-0.1, -0.05) is 19.9 Å². The zero-order valence-electron chi connectivity index (χ0n) is 9.56. The Morgan fingerprint density at radius 2 is 2.00 bits per heavy atom. The highest BCUT2D eigenvalue weighted by Crippen LogP contribution is 2.29. The lowest BCUT2D eigenvalue weighted by Crippen LogP contribution is -1.88. The fraction of sp³-hybridized carbons (Fsp3) is 0.333. The van der Waals surface area contributed by atoms with Crippen LogP contribution in [0.5, 0.6) is 5.75 Å². The van der Waals surface area contributed by atoms with Crippen LogP contribution in [0.25, 0.3) is 11.5 Å². The van der Waals surface area contributed by atoms with E-state index in [1.165, 1.54) is 0 Å². The van der Waals surface area contributed by atoms with Gasteiger partial charge in [0.2, 0.25) is 11.8 Å². The van der Waals surface area contributed by atoms with Crippen LogP contribution in [0.15, 0.2) is 22.6 Å². The molecule has 1 N–H and O–H groups in total. The van der Waals surface area contributed by atoms with Gasteiger partial charge in [-0.2, -0.15) is 0 Å². The third-order valence-corrected chi connectivity index (χ3v) is 2.43. The minimum absolute atomic E-state index is 0.267. The summed E-state index contributed by atoms with van der Waals surface area (Å²) in [5.41, 5.74) is 1.66. The van der Waals surface area contributed by atoms with E-state index in [4.69, 9.17) is 4.42 Å². The Bertz CT molecular complexity index is 503. The first-order chi connectivity index (χ1) is 7.58. The van der Waals surface area contributed by atoms with Crippen LogP contribution < -0.4 is 0 Å². The highest BCUT2D eigenvalue weighted by atomic mass is 16.4. The lowest BCUT2D eigenvalue weighted by Gasteiger charge is -2.08. The van der Waals surface area contributed by atoms with Crippen LogP contribution in [-0.4, -0.2) is 15.3 Å². The molecule has 0 unspecified atom stereocenters. The van der Waals surface area contributed by atoms with Gasteiger partial charge in [-0.3, -0.25) is 0 Å². The predicted octanol–water partition coefficient (Wildman–Crippen LogP) is 2.87. The molecule has 2 aromatic rings. The molecule has 0 fully saturated rings. The summed E-state index contributed by atoms with van der Waals surface area (Å²) in [4.78, 5) is 0. The lowest BCUT2D eigenvalue weighted by molar-refractivity contribution is 0.464. The van der Waals surface area contributed by atoms with E-state index < -0.39 is 0 Å². The predicted molar refractivity (Wildman–Crippen MR) is 60.2 cm³/mol. The van der Waals surface area contributed by atoms with Crippen LogP contribution in [0.3, 0.4) is 0 Å². The molecule has 4 heteroatoms. The molecule has 1 aromatic carbocycles. The molecule has 0 spiro atoms. The first-order valence-electron chi connectivity index (χ1n) is 5.21. The van der Waals surface area contributed by atoms with E-state index in [2.05, 4.69) is 10.2 Å². The normalized spacial score (nSPS) is 11.0. The molecule has 16 heavy (non-hydrogen) atoms. The standard InChI is InChI=1S/C12H14N2O2/c1-7(2)10-5-4-9(6-11(10)15)12-14-13-8(3)16-12/h4-7,15H,1-3H3. The van der Waals surface area contributed by atoms with Crippen molar-refractivity contribution in [2.24, 2.45) is 0 Å². The monoisotopic (exact) mass is 218 g/mol. The van der Waals surface area contributed by atoms with Gasteiger partial charge in [0.1, 0.15) is 5.75 Å². The molecular formula is C12H14N2O2. The molecule has 0 atom stereocenters. The molecule has 0 saturated carbocycles. The second-order valence-corrected chi connectivity index (χ2v) is 4.05. The molecule has 1 heterocycles. The molecule has 0 bridgehead atoms. The molecule has 84 valence electrons. The maximum Gasteiger partial charge on any atom is 0.247 e. The van der Waals surface area contributed by atoms with Crippen molar-refractivity contribution in [1.29, 1.82) is 0 Å². The molecule has 1 aromatic heterocycles. The fourth-order valence-corrected chi connectivity index (χ4v) is 1.58. The topological polar surface area (TPSA) is 59.2 Å². The Morgan fingerprint density at radius 1 is 1.25 bits per heavy atom. The van der Waals surface area contributed by atoms with Crippen LogP contribution in [0.1, 0.15) is 31.2 Å². The summed E-state index contributed by atoms with van der Waals surface area (Å²) in [6.45, 7) is 5.80. The first-order valence-corrected chi connectivity index (χ1v) is 5.21. The van der Waals surface area contributed by atoms with Crippen molar-refractivity contribution in [3.8, 4) is 17.2 Å². The number of hydrogen-bond donors (Lipinski definition) is 1. The third kappa shape index (κ3) is 1.91. The van der Waals surface area contributed by atoms with Gasteiger partial charge < -0.3 is 9.52 Å². The van der Waals surface area contributed by atoms with Gasteiger partial charge in [0.05, 0.1) is 0 Å². The number of aromatic nitrogens is 2. The smallest absolute Gasteiger partial charge is 0.247 e. The summed E-state index contributed by atoms with van der Waals surface area (Å²) in [5, 5.41) is 17.5. The van der Waals surface area contributed by atoms with Gasteiger partial charge in [0, 0.05) is 12.5 Å². The van der Waals surface area contributed by atoms with E-state index in [0.29, 0.717) is 17.7 Å². The molecule has 0 aliphatic carbocycles. The van der Waals surface area contributed by atoms with E-state index in [0.717, 1.165) is 11.1 Å². The van der Waals surface area contributed by atoms with Crippen LogP contribution >= 0.6 is 0 Å². The summed E-state index contributed by atoms with van der Waals surface area (Å²) in [7, 11) is 0. The second-order valence-electron chi connectivity index (χ2n) is 4.05. The van der Waals surface area contributed by atoms with E-state index in [1.54, 1.807) is 13.0 Å². The van der Waals surface area contributed by atoms with Crippen LogP contribution in [0.2, 0.25) is 0 Å². The Morgan fingerprint density at radius 3 is 2.50 bits per heavy atom. The van der Waals surface area contributed by atoms with Crippen molar-refractivity contribution in [1.82, 2.24) is 10.2 Å². The maximum atomic E-state index is 9.84. The number of nitrogens with zero attached hydrogens (tertiary/aromatic N) is 2. The summed E-state index contributed by atoms with van der Waals surface area (Å²) in [5.74, 6) is 1.51. The molecule has 0 aliphatic heterocycles. The van der Waals surface area contributed by atoms with E-state index in [-0.39, 0.29) is 5.75 Å². The van der Waals surface area contributed by atoms with Gasteiger partial charge in [-0.05, 0) is 23.6 Å². The lowest BCUT2D eigenvalue weighted by atomic mass is 10.0. The number of benzene rings is 1. The van der Waals surface area contributed by atoms with E-state index in [1.807, 2.05) is 26.0 Å². The van der Waals surface area contributed by atoms with Crippen molar-refractivity contribution < 1.29 is 9.52 Å². The van der Waals surface area contributed by atoms with Gasteiger partial charge in [0.25, 0.3) is 0 Å². The number of phenolic OH excluding ortho intramolecular Hbond substituents is 1. The Balaban J connectivity index is 2.42. The Hall–Kier alpha value is -1.84. The van der Waals surface area contributed by atoms with E-state index in [9.17, 15) is 5.11 Å². The summed E-state index contributed by atoms with van der Waals surface area (Å²) in [6.07, 6.45) is 0. The van der Waals surface area contributed by atoms with Crippen molar-refractivity contribution in [2.75, 3.05) is 0 Å². The molecule has 0 radical (unpaired) electrons. The highest BCUT2D eigenvalue weighted by Gasteiger charge is 2.10. The molecule has 0 aliphatic rings. The molecular weight excluding hydrogens is 204 g/mol. The minimum Gasteiger partial charge on any atom is -0.508 e. The van der Waals surface area contributed by atoms with Gasteiger partial charge in [0.15, 0.2) is 0 Å². The quantitative estimate of drug-likeness (QED) is 0.842. The first kappa shape index (κ1) is 10.7. The van der Waals surface area contributed by atoms with Crippen LogP contribution in [0, 0.1) is 6.92 Å². The average Bonchev–Trinajstić information content (AvgIpc) is 2.64. The summed E-state index contributed by atoms with van der Waals surface area (Å²) >= 11 is 0. The Labute approximate surface area is 93.9 Å². The van der Waals surface area contributed by atoms with Crippen LogP contribution in [0.4, 0.5) is 0 Å². The van der Waals surface area contributed by atoms with Crippen LogP contribution in [-0.2, 0) is 0 Å². The SMILES string of the molecule is Cc1nnc(-c2ccc(C(C)C)c(O)c2)o1. The molecule has 0 saturated heterocycles. The van der Waals surface area contributed by atoms with Gasteiger partial charge >= 0.3 is 0 Å². The third-order valence-electron chi connectivity index (χ3n) is 2.43. The van der Waals surface area contributed by atoms with E-state index >= 15 is 0 Å². The largest absolute Gasteiger partial charge is 0.508 e.